The second-order valence-corrected chi connectivity index (χ2v) is 5.59. The summed E-state index contributed by atoms with van der Waals surface area (Å²) in [5.41, 5.74) is 1.46. The number of carbonyl (C=O) groups is 3. The Balaban J connectivity index is 1.65. The Morgan fingerprint density at radius 2 is 1.88 bits per heavy atom. The average Bonchev–Trinajstić information content (AvgIpc) is 2.81. The van der Waals surface area contributed by atoms with Gasteiger partial charge in [-0.05, 0) is 42.5 Å². The van der Waals surface area contributed by atoms with Crippen molar-refractivity contribution >= 4 is 29.1 Å². The summed E-state index contributed by atoms with van der Waals surface area (Å²) in [5.74, 6) is -0.548. The third-order valence-electron chi connectivity index (χ3n) is 3.77. The van der Waals surface area contributed by atoms with Crippen LogP contribution in [-0.2, 0) is 9.59 Å². The first-order valence-corrected chi connectivity index (χ1v) is 7.94. The molecule has 0 unspecified atom stereocenters. The Morgan fingerprint density at radius 1 is 1.15 bits per heavy atom. The quantitative estimate of drug-likeness (QED) is 0.734. The number of para-hydroxylation sites is 2. The number of rotatable bonds is 4. The fourth-order valence-corrected chi connectivity index (χ4v) is 2.41. The van der Waals surface area contributed by atoms with Gasteiger partial charge in [0.1, 0.15) is 18.4 Å². The highest BCUT2D eigenvalue weighted by Gasteiger charge is 2.26. The molecule has 1 aliphatic rings. The molecular formula is C19H17N3O4. The van der Waals surface area contributed by atoms with Crippen LogP contribution in [0.15, 0.2) is 61.2 Å². The lowest BCUT2D eigenvalue weighted by molar-refractivity contribution is -0.118. The zero-order chi connectivity index (χ0) is 18.5. The molecule has 3 N–H and O–H groups in total. The molecule has 26 heavy (non-hydrogen) atoms. The van der Waals surface area contributed by atoms with E-state index in [-0.39, 0.29) is 18.4 Å². The molecule has 0 radical (unpaired) electrons. The molecule has 3 amide bonds. The van der Waals surface area contributed by atoms with Crippen molar-refractivity contribution < 1.29 is 19.1 Å². The molecule has 0 saturated heterocycles. The number of nitrogens with one attached hydrogen (secondary N) is 3. The Bertz CT molecular complexity index is 861. The fourth-order valence-electron chi connectivity index (χ4n) is 2.41. The first-order chi connectivity index (χ1) is 12.6. The van der Waals surface area contributed by atoms with Gasteiger partial charge < -0.3 is 20.7 Å². The van der Waals surface area contributed by atoms with Gasteiger partial charge in [-0.1, -0.05) is 18.7 Å². The summed E-state index contributed by atoms with van der Waals surface area (Å²) < 4.78 is 5.59. The van der Waals surface area contributed by atoms with Crippen LogP contribution in [0.5, 0.6) is 5.75 Å². The Kier molecular flexibility index (Phi) is 4.98. The van der Waals surface area contributed by atoms with E-state index in [2.05, 4.69) is 22.5 Å². The standard InChI is InChI=1S/C19H17N3O4/c1-2-17(23)20-13-9-7-12(8-10-13)18(24)22-15-11-26-16-6-4-3-5-14(16)21-19(15)25/h2-10,15H,1,11H2,(H,20,23)(H,21,25)(H,22,24)/t15-/m0/s1. The van der Waals surface area contributed by atoms with E-state index in [0.717, 1.165) is 6.08 Å². The number of hydrogen-bond acceptors (Lipinski definition) is 4. The van der Waals surface area contributed by atoms with Gasteiger partial charge in [0, 0.05) is 11.3 Å². The number of amides is 3. The van der Waals surface area contributed by atoms with Crippen LogP contribution in [0, 0.1) is 0 Å². The zero-order valence-electron chi connectivity index (χ0n) is 13.8. The van der Waals surface area contributed by atoms with Crippen LogP contribution in [-0.4, -0.2) is 30.4 Å². The number of carbonyl (C=O) groups excluding carboxylic acids is 3. The topological polar surface area (TPSA) is 96.5 Å². The molecule has 1 heterocycles. The lowest BCUT2D eigenvalue weighted by atomic mass is 10.1. The van der Waals surface area contributed by atoms with Crippen LogP contribution in [0.2, 0.25) is 0 Å². The van der Waals surface area contributed by atoms with Gasteiger partial charge in [0.05, 0.1) is 5.69 Å². The minimum absolute atomic E-state index is 0.0298. The molecule has 7 nitrogen and oxygen atoms in total. The van der Waals surface area contributed by atoms with Crippen LogP contribution >= 0.6 is 0 Å². The third-order valence-corrected chi connectivity index (χ3v) is 3.77. The van der Waals surface area contributed by atoms with Crippen LogP contribution in [0.3, 0.4) is 0 Å². The van der Waals surface area contributed by atoms with E-state index in [4.69, 9.17) is 4.74 Å². The lowest BCUT2D eigenvalue weighted by Gasteiger charge is -2.15. The van der Waals surface area contributed by atoms with Gasteiger partial charge in [-0.15, -0.1) is 0 Å². The summed E-state index contributed by atoms with van der Waals surface area (Å²) in [6.45, 7) is 3.40. The van der Waals surface area contributed by atoms with Crippen LogP contribution in [0.4, 0.5) is 11.4 Å². The first kappa shape index (κ1) is 17.2. The van der Waals surface area contributed by atoms with Crippen molar-refractivity contribution in [3.63, 3.8) is 0 Å². The SMILES string of the molecule is C=CC(=O)Nc1ccc(C(=O)N[C@H]2COc3ccccc3NC2=O)cc1. The Morgan fingerprint density at radius 3 is 2.62 bits per heavy atom. The number of anilines is 2. The minimum atomic E-state index is -0.824. The molecule has 0 spiro atoms. The van der Waals surface area contributed by atoms with E-state index >= 15 is 0 Å². The molecule has 3 rings (SSSR count). The van der Waals surface area contributed by atoms with E-state index in [1.54, 1.807) is 48.5 Å². The molecule has 0 bridgehead atoms. The van der Waals surface area contributed by atoms with Crippen molar-refractivity contribution in [2.75, 3.05) is 17.2 Å². The first-order valence-electron chi connectivity index (χ1n) is 7.94. The van der Waals surface area contributed by atoms with E-state index in [0.29, 0.717) is 22.7 Å². The molecule has 0 aromatic heterocycles. The molecular weight excluding hydrogens is 334 g/mol. The van der Waals surface area contributed by atoms with Crippen molar-refractivity contribution in [2.45, 2.75) is 6.04 Å². The summed E-state index contributed by atoms with van der Waals surface area (Å²) in [4.78, 5) is 35.9. The average molecular weight is 351 g/mol. The van der Waals surface area contributed by atoms with Gasteiger partial charge in [-0.2, -0.15) is 0 Å². The largest absolute Gasteiger partial charge is 0.489 e. The maximum Gasteiger partial charge on any atom is 0.252 e. The van der Waals surface area contributed by atoms with Crippen molar-refractivity contribution in [2.24, 2.45) is 0 Å². The normalized spacial score (nSPS) is 15.5. The summed E-state index contributed by atoms with van der Waals surface area (Å²) in [6, 6.07) is 12.5. The molecule has 0 saturated carbocycles. The van der Waals surface area contributed by atoms with Crippen LogP contribution < -0.4 is 20.7 Å². The van der Waals surface area contributed by atoms with Crippen LogP contribution in [0.25, 0.3) is 0 Å². The summed E-state index contributed by atoms with van der Waals surface area (Å²) >= 11 is 0. The predicted molar refractivity (Wildman–Crippen MR) is 97.1 cm³/mol. The molecule has 7 heteroatoms. The van der Waals surface area contributed by atoms with Crippen molar-refractivity contribution in [3.8, 4) is 5.75 Å². The van der Waals surface area contributed by atoms with Gasteiger partial charge in [-0.3, -0.25) is 14.4 Å². The van der Waals surface area contributed by atoms with Crippen molar-refractivity contribution in [1.29, 1.82) is 0 Å². The van der Waals surface area contributed by atoms with Crippen molar-refractivity contribution in [3.05, 3.63) is 66.7 Å². The van der Waals surface area contributed by atoms with E-state index in [1.165, 1.54) is 0 Å². The number of fused-ring (bicyclic) bond motifs is 1. The molecule has 1 atom stereocenters. The van der Waals surface area contributed by atoms with E-state index in [9.17, 15) is 14.4 Å². The van der Waals surface area contributed by atoms with Gasteiger partial charge >= 0.3 is 0 Å². The third kappa shape index (κ3) is 3.89. The molecule has 132 valence electrons. The molecule has 0 aliphatic carbocycles. The second-order valence-electron chi connectivity index (χ2n) is 5.59. The highest BCUT2D eigenvalue weighted by Crippen LogP contribution is 2.26. The van der Waals surface area contributed by atoms with Gasteiger partial charge in [0.15, 0.2) is 0 Å². The number of hydrogen-bond donors (Lipinski definition) is 3. The van der Waals surface area contributed by atoms with Crippen molar-refractivity contribution in [1.82, 2.24) is 5.32 Å². The Labute approximate surface area is 150 Å². The molecule has 0 fully saturated rings. The molecule has 1 aliphatic heterocycles. The second kappa shape index (κ2) is 7.52. The lowest BCUT2D eigenvalue weighted by Crippen LogP contribution is -2.46. The smallest absolute Gasteiger partial charge is 0.252 e. The predicted octanol–water partition coefficient (Wildman–Crippen LogP) is 1.94. The maximum absolute atomic E-state index is 12.4. The van der Waals surface area contributed by atoms with Crippen LogP contribution in [0.1, 0.15) is 10.4 Å². The van der Waals surface area contributed by atoms with E-state index < -0.39 is 11.9 Å². The Hall–Kier alpha value is -3.61. The summed E-state index contributed by atoms with van der Waals surface area (Å²) in [6.07, 6.45) is 1.16. The number of benzene rings is 2. The molecule has 2 aromatic carbocycles. The summed E-state index contributed by atoms with van der Waals surface area (Å²) in [5, 5.41) is 7.97. The number of ether oxygens (including phenoxy) is 1. The fraction of sp³-hybridized carbons (Fsp3) is 0.105. The monoisotopic (exact) mass is 351 g/mol. The van der Waals surface area contributed by atoms with Gasteiger partial charge in [0.25, 0.3) is 11.8 Å². The maximum atomic E-state index is 12.4. The van der Waals surface area contributed by atoms with Gasteiger partial charge in [-0.25, -0.2) is 0 Å². The van der Waals surface area contributed by atoms with E-state index in [1.807, 2.05) is 0 Å². The highest BCUT2D eigenvalue weighted by atomic mass is 16.5. The zero-order valence-corrected chi connectivity index (χ0v) is 13.8. The highest BCUT2D eigenvalue weighted by molar-refractivity contribution is 6.03. The minimum Gasteiger partial charge on any atom is -0.489 e. The van der Waals surface area contributed by atoms with Gasteiger partial charge in [0.2, 0.25) is 5.91 Å². The molecule has 2 aromatic rings. The summed E-state index contributed by atoms with van der Waals surface area (Å²) in [7, 11) is 0.